The van der Waals surface area contributed by atoms with Gasteiger partial charge in [-0.1, -0.05) is 0 Å². The number of amides is 1. The molecule has 1 amide bonds. The van der Waals surface area contributed by atoms with Gasteiger partial charge in [0.2, 0.25) is 5.91 Å². The van der Waals surface area contributed by atoms with E-state index in [-0.39, 0.29) is 24.6 Å². The standard InChI is InChI=1S/C13H13N3O3/c14-4-5-15-12(17)8-16-6-3-9-7-10(13(18)19)1-2-11(9)16/h1-2,7H,3,5-6,8H2,(H,15,17)(H,18,19). The molecule has 1 aromatic carbocycles. The molecule has 0 aromatic heterocycles. The Kier molecular flexibility index (Phi) is 3.66. The maximum Gasteiger partial charge on any atom is 0.335 e. The summed E-state index contributed by atoms with van der Waals surface area (Å²) in [5.74, 6) is -1.16. The molecule has 6 nitrogen and oxygen atoms in total. The number of nitrogens with zero attached hydrogens (tertiary/aromatic N) is 2. The number of carbonyl (C=O) groups is 2. The fraction of sp³-hybridized carbons (Fsp3) is 0.308. The van der Waals surface area contributed by atoms with Crippen molar-refractivity contribution in [1.29, 1.82) is 5.26 Å². The molecule has 0 bridgehead atoms. The van der Waals surface area contributed by atoms with Gasteiger partial charge in [-0.3, -0.25) is 4.79 Å². The number of carboxylic acids is 1. The van der Waals surface area contributed by atoms with Crippen LogP contribution in [0.15, 0.2) is 18.2 Å². The van der Waals surface area contributed by atoms with Crippen molar-refractivity contribution in [3.63, 3.8) is 0 Å². The number of anilines is 1. The van der Waals surface area contributed by atoms with E-state index in [4.69, 9.17) is 10.4 Å². The molecule has 0 unspecified atom stereocenters. The van der Waals surface area contributed by atoms with Gasteiger partial charge in [-0.2, -0.15) is 5.26 Å². The summed E-state index contributed by atoms with van der Waals surface area (Å²) < 4.78 is 0. The summed E-state index contributed by atoms with van der Waals surface area (Å²) in [6.45, 7) is 0.858. The first kappa shape index (κ1) is 12.9. The van der Waals surface area contributed by atoms with Crippen molar-refractivity contribution in [2.75, 3.05) is 24.5 Å². The second-order valence-electron chi connectivity index (χ2n) is 4.26. The van der Waals surface area contributed by atoms with Crippen LogP contribution < -0.4 is 10.2 Å². The van der Waals surface area contributed by atoms with Crippen molar-refractivity contribution in [3.8, 4) is 6.07 Å². The Bertz CT molecular complexity index is 563. The Hall–Kier alpha value is -2.55. The predicted molar refractivity (Wildman–Crippen MR) is 67.9 cm³/mol. The monoisotopic (exact) mass is 259 g/mol. The van der Waals surface area contributed by atoms with Gasteiger partial charge in [0.15, 0.2) is 0 Å². The van der Waals surface area contributed by atoms with E-state index in [2.05, 4.69) is 5.32 Å². The third kappa shape index (κ3) is 2.83. The summed E-state index contributed by atoms with van der Waals surface area (Å²) in [4.78, 5) is 24.3. The number of rotatable bonds is 4. The Balaban J connectivity index is 2.08. The average Bonchev–Trinajstić information content (AvgIpc) is 2.78. The van der Waals surface area contributed by atoms with Crippen LogP contribution in [0.5, 0.6) is 0 Å². The van der Waals surface area contributed by atoms with E-state index >= 15 is 0 Å². The van der Waals surface area contributed by atoms with Crippen LogP contribution in [-0.2, 0) is 11.2 Å². The van der Waals surface area contributed by atoms with E-state index in [9.17, 15) is 9.59 Å². The van der Waals surface area contributed by atoms with E-state index in [0.717, 1.165) is 17.7 Å². The normalized spacial score (nSPS) is 12.7. The average molecular weight is 259 g/mol. The smallest absolute Gasteiger partial charge is 0.335 e. The van der Waals surface area contributed by atoms with Crippen LogP contribution in [0.1, 0.15) is 15.9 Å². The third-order valence-corrected chi connectivity index (χ3v) is 3.02. The molecule has 0 aliphatic carbocycles. The lowest BCUT2D eigenvalue weighted by Gasteiger charge is -2.18. The number of benzene rings is 1. The van der Waals surface area contributed by atoms with Crippen molar-refractivity contribution in [2.45, 2.75) is 6.42 Å². The van der Waals surface area contributed by atoms with Gasteiger partial charge in [0.1, 0.15) is 6.54 Å². The molecule has 0 spiro atoms. The lowest BCUT2D eigenvalue weighted by molar-refractivity contribution is -0.119. The zero-order chi connectivity index (χ0) is 13.8. The molecular formula is C13H13N3O3. The van der Waals surface area contributed by atoms with Crippen LogP contribution in [0.3, 0.4) is 0 Å². The van der Waals surface area contributed by atoms with Crippen LogP contribution in [0.2, 0.25) is 0 Å². The number of hydrogen-bond donors (Lipinski definition) is 2. The van der Waals surface area contributed by atoms with Gasteiger partial charge in [0.25, 0.3) is 0 Å². The van der Waals surface area contributed by atoms with Gasteiger partial charge in [-0.15, -0.1) is 0 Å². The summed E-state index contributed by atoms with van der Waals surface area (Å²) in [5.41, 5.74) is 2.08. The Morgan fingerprint density at radius 1 is 1.47 bits per heavy atom. The molecule has 0 fully saturated rings. The number of carboxylic acid groups (broad SMARTS) is 1. The Morgan fingerprint density at radius 2 is 2.26 bits per heavy atom. The Labute approximate surface area is 110 Å². The highest BCUT2D eigenvalue weighted by atomic mass is 16.4. The molecular weight excluding hydrogens is 246 g/mol. The summed E-state index contributed by atoms with van der Waals surface area (Å²) >= 11 is 0. The topological polar surface area (TPSA) is 93.4 Å². The zero-order valence-corrected chi connectivity index (χ0v) is 10.2. The minimum Gasteiger partial charge on any atom is -0.478 e. The maximum atomic E-state index is 11.5. The van der Waals surface area contributed by atoms with Crippen LogP contribution in [0.4, 0.5) is 5.69 Å². The van der Waals surface area contributed by atoms with Crippen molar-refractivity contribution in [2.24, 2.45) is 0 Å². The molecule has 1 heterocycles. The number of nitriles is 1. The lowest BCUT2D eigenvalue weighted by atomic mass is 10.1. The summed E-state index contributed by atoms with van der Waals surface area (Å²) in [6, 6.07) is 6.75. The first-order valence-electron chi connectivity index (χ1n) is 5.86. The van der Waals surface area contributed by atoms with Gasteiger partial charge >= 0.3 is 5.97 Å². The van der Waals surface area contributed by atoms with Crippen molar-refractivity contribution < 1.29 is 14.7 Å². The largest absolute Gasteiger partial charge is 0.478 e. The maximum absolute atomic E-state index is 11.5. The SMILES string of the molecule is N#CCNC(=O)CN1CCc2cc(C(=O)O)ccc21. The molecule has 0 saturated carbocycles. The van der Waals surface area contributed by atoms with Gasteiger partial charge in [-0.05, 0) is 30.2 Å². The lowest BCUT2D eigenvalue weighted by Crippen LogP contribution is -2.36. The molecule has 1 aromatic rings. The van der Waals surface area contributed by atoms with Crippen molar-refractivity contribution in [3.05, 3.63) is 29.3 Å². The highest BCUT2D eigenvalue weighted by Crippen LogP contribution is 2.28. The van der Waals surface area contributed by atoms with Crippen LogP contribution in [0.25, 0.3) is 0 Å². The van der Waals surface area contributed by atoms with E-state index in [1.807, 2.05) is 11.0 Å². The van der Waals surface area contributed by atoms with E-state index in [1.54, 1.807) is 12.1 Å². The quantitative estimate of drug-likeness (QED) is 0.763. The molecule has 1 aliphatic rings. The third-order valence-electron chi connectivity index (χ3n) is 3.02. The van der Waals surface area contributed by atoms with Gasteiger partial charge < -0.3 is 15.3 Å². The molecule has 0 saturated heterocycles. The van der Waals surface area contributed by atoms with Gasteiger partial charge in [0.05, 0.1) is 18.2 Å². The van der Waals surface area contributed by atoms with E-state index in [1.165, 1.54) is 6.07 Å². The number of fused-ring (bicyclic) bond motifs is 1. The molecule has 0 radical (unpaired) electrons. The molecule has 1 aliphatic heterocycles. The number of hydrogen-bond acceptors (Lipinski definition) is 4. The zero-order valence-electron chi connectivity index (χ0n) is 10.2. The summed E-state index contributed by atoms with van der Waals surface area (Å²) in [5, 5.41) is 19.8. The molecule has 6 heteroatoms. The Morgan fingerprint density at radius 3 is 2.95 bits per heavy atom. The molecule has 2 N–H and O–H groups in total. The molecule has 0 atom stereocenters. The highest BCUT2D eigenvalue weighted by molar-refractivity contribution is 5.89. The fourth-order valence-electron chi connectivity index (χ4n) is 2.13. The van der Waals surface area contributed by atoms with Crippen molar-refractivity contribution >= 4 is 17.6 Å². The van der Waals surface area contributed by atoms with Gasteiger partial charge in [0, 0.05) is 12.2 Å². The summed E-state index contributed by atoms with van der Waals surface area (Å²) in [7, 11) is 0. The highest BCUT2D eigenvalue weighted by Gasteiger charge is 2.22. The van der Waals surface area contributed by atoms with Crippen molar-refractivity contribution in [1.82, 2.24) is 5.32 Å². The first-order chi connectivity index (χ1) is 9.11. The molecule has 19 heavy (non-hydrogen) atoms. The van der Waals surface area contributed by atoms with Crippen LogP contribution in [0, 0.1) is 11.3 Å². The minimum atomic E-state index is -0.951. The second-order valence-corrected chi connectivity index (χ2v) is 4.26. The van der Waals surface area contributed by atoms with E-state index < -0.39 is 5.97 Å². The number of nitrogens with one attached hydrogen (secondary N) is 1. The van der Waals surface area contributed by atoms with Crippen LogP contribution in [-0.4, -0.2) is 36.6 Å². The fourth-order valence-corrected chi connectivity index (χ4v) is 2.13. The minimum absolute atomic E-state index is 0.00250. The predicted octanol–water partition coefficient (Wildman–Crippen LogP) is 0.387. The van der Waals surface area contributed by atoms with E-state index in [0.29, 0.717) is 6.54 Å². The van der Waals surface area contributed by atoms with Gasteiger partial charge in [-0.25, -0.2) is 4.79 Å². The number of aromatic carboxylic acids is 1. The first-order valence-corrected chi connectivity index (χ1v) is 5.86. The number of carbonyl (C=O) groups excluding carboxylic acids is 1. The van der Waals surface area contributed by atoms with Crippen LogP contribution >= 0.6 is 0 Å². The molecule has 2 rings (SSSR count). The molecule has 98 valence electrons. The summed E-state index contributed by atoms with van der Waals surface area (Å²) in [6.07, 6.45) is 0.724. The second kappa shape index (κ2) is 5.40.